The number of fused-ring (bicyclic) bond motifs is 8. The maximum Gasteiger partial charge on any atom is 0.185 e. The van der Waals surface area contributed by atoms with Gasteiger partial charge in [-0.2, -0.15) is 0 Å². The molecule has 0 N–H and O–H groups in total. The third-order valence-corrected chi connectivity index (χ3v) is 23.4. The molecule has 0 unspecified atom stereocenters. The van der Waals surface area contributed by atoms with E-state index in [1.807, 2.05) is 6.20 Å². The van der Waals surface area contributed by atoms with Crippen molar-refractivity contribution in [1.82, 2.24) is 9.55 Å². The fourth-order valence-electron chi connectivity index (χ4n) is 14.2. The zero-order valence-electron chi connectivity index (χ0n) is 53.7. The maximum atomic E-state index is 7.90. The zero-order chi connectivity index (χ0) is 61.8. The molecule has 5 nitrogen and oxygen atoms in total. The number of hydrogen-bond donors (Lipinski definition) is 0. The SMILES string of the molecule is CC(C)(C)Cc1ccc2c(c1)N(c1cccc(Oc3cc4c(c5c3[Si](c3ccccc3)(c3ccccc3)c3ccccc3-5)c3ccccc3n4-c3cc(C(C)(C)C)ccn3)c1)CN2c1c(-c2ccccc2)cccc1-c1cc(C(C)(C)C)cc(C(C)(C)C)c1. The molecule has 10 aromatic carbocycles. The summed E-state index contributed by atoms with van der Waals surface area (Å²) >= 11 is 0. The van der Waals surface area contributed by atoms with Gasteiger partial charge in [0, 0.05) is 51.1 Å². The fraction of sp³-hybridized carbons (Fsp3) is 0.217. The highest BCUT2D eigenvalue weighted by Gasteiger charge is 2.52. The summed E-state index contributed by atoms with van der Waals surface area (Å²) in [6, 6.07) is 88.8. The van der Waals surface area contributed by atoms with E-state index in [2.05, 4.69) is 334 Å². The van der Waals surface area contributed by atoms with Crippen LogP contribution in [0.3, 0.4) is 0 Å². The fourth-order valence-corrected chi connectivity index (χ4v) is 19.5. The van der Waals surface area contributed by atoms with E-state index in [4.69, 9.17) is 9.72 Å². The van der Waals surface area contributed by atoms with Gasteiger partial charge in [-0.15, -0.1) is 0 Å². The number of hydrogen-bond acceptors (Lipinski definition) is 4. The average molecular weight is 1180 g/mol. The minimum atomic E-state index is -3.15. The van der Waals surface area contributed by atoms with Gasteiger partial charge >= 0.3 is 0 Å². The number of benzene rings is 10. The van der Waals surface area contributed by atoms with Crippen molar-refractivity contribution < 1.29 is 4.74 Å². The molecule has 89 heavy (non-hydrogen) atoms. The molecule has 0 radical (unpaired) electrons. The lowest BCUT2D eigenvalue weighted by atomic mass is 9.78. The van der Waals surface area contributed by atoms with E-state index in [9.17, 15) is 0 Å². The topological polar surface area (TPSA) is 33.5 Å². The van der Waals surface area contributed by atoms with Crippen LogP contribution < -0.4 is 35.3 Å². The summed E-state index contributed by atoms with van der Waals surface area (Å²) in [5, 5.41) is 7.64. The smallest absolute Gasteiger partial charge is 0.185 e. The minimum Gasteiger partial charge on any atom is -0.457 e. The van der Waals surface area contributed by atoms with Crippen LogP contribution in [0.1, 0.15) is 105 Å². The second-order valence-electron chi connectivity index (χ2n) is 29.1. The van der Waals surface area contributed by atoms with Gasteiger partial charge in [-0.25, -0.2) is 4.98 Å². The van der Waals surface area contributed by atoms with Gasteiger partial charge in [0.1, 0.15) is 24.0 Å². The van der Waals surface area contributed by atoms with Crippen LogP contribution in [0.4, 0.5) is 22.7 Å². The summed E-state index contributed by atoms with van der Waals surface area (Å²) in [5.41, 5.74) is 19.1. The van der Waals surface area contributed by atoms with Crippen molar-refractivity contribution in [2.45, 2.75) is 106 Å². The highest BCUT2D eigenvalue weighted by atomic mass is 28.3. The summed E-state index contributed by atoms with van der Waals surface area (Å²) in [6.45, 7) is 28.4. The van der Waals surface area contributed by atoms with Crippen LogP contribution in [-0.2, 0) is 22.7 Å². The van der Waals surface area contributed by atoms with Crippen LogP contribution >= 0.6 is 0 Å². The Bertz CT molecular complexity index is 4620. The van der Waals surface area contributed by atoms with E-state index in [1.165, 1.54) is 104 Å². The van der Waals surface area contributed by atoms with Gasteiger partial charge in [-0.1, -0.05) is 265 Å². The van der Waals surface area contributed by atoms with Gasteiger partial charge in [0.05, 0.1) is 28.1 Å². The molecule has 442 valence electrons. The molecule has 2 aliphatic rings. The van der Waals surface area contributed by atoms with Crippen LogP contribution in [0.5, 0.6) is 11.5 Å². The number of pyridine rings is 1. The molecule has 0 saturated heterocycles. The lowest BCUT2D eigenvalue weighted by Gasteiger charge is -2.32. The number of aromatic nitrogens is 2. The van der Waals surface area contributed by atoms with E-state index in [0.29, 0.717) is 6.67 Å². The minimum absolute atomic E-state index is 0.0585. The molecule has 4 heterocycles. The van der Waals surface area contributed by atoms with Gasteiger partial charge in [0.2, 0.25) is 0 Å². The second kappa shape index (κ2) is 21.5. The maximum absolute atomic E-state index is 7.90. The van der Waals surface area contributed by atoms with E-state index < -0.39 is 8.07 Å². The van der Waals surface area contributed by atoms with Crippen molar-refractivity contribution in [3.63, 3.8) is 0 Å². The molecule has 2 aromatic heterocycles. The molecule has 0 amide bonds. The number of ether oxygens (including phenoxy) is 1. The molecule has 2 aliphatic heterocycles. The van der Waals surface area contributed by atoms with Crippen molar-refractivity contribution in [3.05, 3.63) is 265 Å². The standard InChI is InChI=1S/C83H80N4OSi/c1-80(2,3)53-55-42-43-70-71(46-55)85(54-86(70)78-65(56-28-16-13-17-29-56)38-27-39-66(78)57-47-59(82(7,8)9)49-60(48-57)83(10,11)12)61-30-26-31-62(51-61)88-73-52-72-76(67-36-22-24-40-69(67)87(72)75-50-58(44-45-84-75)81(4,5)6)77-68-37-23-25-41-74(68)89(79(73)77,63-32-18-14-19-33-63)64-34-20-15-21-35-64/h13-52H,53-54H2,1-12H3. The van der Waals surface area contributed by atoms with E-state index >= 15 is 0 Å². The summed E-state index contributed by atoms with van der Waals surface area (Å²) in [4.78, 5) is 10.3. The van der Waals surface area contributed by atoms with E-state index in [1.54, 1.807) is 0 Å². The quantitative estimate of drug-likeness (QED) is 0.128. The number of rotatable bonds is 10. The molecule has 0 saturated carbocycles. The Morgan fingerprint density at radius 2 is 1.06 bits per heavy atom. The largest absolute Gasteiger partial charge is 0.457 e. The highest BCUT2D eigenvalue weighted by molar-refractivity contribution is 7.22. The van der Waals surface area contributed by atoms with Gasteiger partial charge in [-0.3, -0.25) is 4.57 Å². The monoisotopic (exact) mass is 1180 g/mol. The molecule has 0 fully saturated rings. The lowest BCUT2D eigenvalue weighted by Crippen LogP contribution is -2.73. The third kappa shape index (κ3) is 10.1. The predicted octanol–water partition coefficient (Wildman–Crippen LogP) is 19.4. The Morgan fingerprint density at radius 1 is 0.461 bits per heavy atom. The predicted molar refractivity (Wildman–Crippen MR) is 380 cm³/mol. The van der Waals surface area contributed by atoms with Crippen LogP contribution in [-0.4, -0.2) is 24.3 Å². The molecule has 12 aromatic rings. The molecule has 0 atom stereocenters. The van der Waals surface area contributed by atoms with Crippen LogP contribution in [0.15, 0.2) is 243 Å². The van der Waals surface area contributed by atoms with Crippen LogP contribution in [0.2, 0.25) is 0 Å². The van der Waals surface area contributed by atoms with Gasteiger partial charge in [0.25, 0.3) is 0 Å². The van der Waals surface area contributed by atoms with Gasteiger partial charge in [0.15, 0.2) is 8.07 Å². The molecule has 0 aliphatic carbocycles. The van der Waals surface area contributed by atoms with E-state index in [-0.39, 0.29) is 21.7 Å². The summed E-state index contributed by atoms with van der Waals surface area (Å²) in [6.07, 6.45) is 2.92. The van der Waals surface area contributed by atoms with Crippen LogP contribution in [0.25, 0.3) is 61.0 Å². The van der Waals surface area contributed by atoms with Gasteiger partial charge < -0.3 is 14.5 Å². The first-order chi connectivity index (χ1) is 42.6. The third-order valence-electron chi connectivity index (χ3n) is 18.5. The first-order valence-electron chi connectivity index (χ1n) is 31.7. The Balaban J connectivity index is 0.999. The number of nitrogens with zero attached hydrogens (tertiary/aromatic N) is 4. The first-order valence-corrected chi connectivity index (χ1v) is 33.7. The van der Waals surface area contributed by atoms with Crippen molar-refractivity contribution in [1.29, 1.82) is 0 Å². The lowest BCUT2D eigenvalue weighted by molar-refractivity contribution is 0.411. The summed E-state index contributed by atoms with van der Waals surface area (Å²) in [5.74, 6) is 2.50. The zero-order valence-corrected chi connectivity index (χ0v) is 54.7. The van der Waals surface area contributed by atoms with E-state index in [0.717, 1.165) is 40.5 Å². The summed E-state index contributed by atoms with van der Waals surface area (Å²) < 4.78 is 10.3. The Kier molecular flexibility index (Phi) is 13.9. The van der Waals surface area contributed by atoms with Crippen molar-refractivity contribution >= 4 is 73.4 Å². The molecular weight excluding hydrogens is 1100 g/mol. The van der Waals surface area contributed by atoms with Crippen molar-refractivity contribution in [2.75, 3.05) is 16.5 Å². The Hall–Kier alpha value is -9.23. The van der Waals surface area contributed by atoms with Crippen LogP contribution in [0, 0.1) is 5.41 Å². The Morgan fingerprint density at radius 3 is 1.72 bits per heavy atom. The summed E-state index contributed by atoms with van der Waals surface area (Å²) in [7, 11) is -3.15. The molecule has 0 spiro atoms. The Labute approximate surface area is 528 Å². The van der Waals surface area contributed by atoms with Crippen molar-refractivity contribution in [3.8, 4) is 50.7 Å². The number of anilines is 4. The molecule has 6 heteroatoms. The highest BCUT2D eigenvalue weighted by Crippen LogP contribution is 2.52. The van der Waals surface area contributed by atoms with Crippen molar-refractivity contribution in [2.24, 2.45) is 5.41 Å². The number of para-hydroxylation sites is 2. The second-order valence-corrected chi connectivity index (χ2v) is 32.8. The molecule has 14 rings (SSSR count). The first kappa shape index (κ1) is 57.5. The average Bonchev–Trinajstić information content (AvgIpc) is 1.52. The molecular formula is C83H80N4OSi. The normalized spacial score (nSPS) is 13.9. The molecule has 0 bridgehead atoms. The van der Waals surface area contributed by atoms with Gasteiger partial charge in [-0.05, 0) is 131 Å².